The van der Waals surface area contributed by atoms with E-state index in [4.69, 9.17) is 4.98 Å². The third-order valence-corrected chi connectivity index (χ3v) is 6.42. The van der Waals surface area contributed by atoms with Gasteiger partial charge in [0, 0.05) is 12.3 Å². The summed E-state index contributed by atoms with van der Waals surface area (Å²) in [7, 11) is 0. The number of hydrogen-bond donors (Lipinski definition) is 0. The van der Waals surface area contributed by atoms with Crippen LogP contribution in [-0.2, 0) is 18.8 Å². The highest BCUT2D eigenvalue weighted by Gasteiger charge is 2.18. The molecule has 2 heterocycles. The minimum atomic E-state index is -0.297. The smallest absolute Gasteiger partial charge is 0.280 e. The fourth-order valence-corrected chi connectivity index (χ4v) is 4.69. The molecule has 2 aromatic heterocycles. The fourth-order valence-electron chi connectivity index (χ4n) is 3.64. The van der Waals surface area contributed by atoms with Crippen LogP contribution in [0.4, 0.5) is 4.39 Å². The van der Waals surface area contributed by atoms with E-state index in [0.29, 0.717) is 35.0 Å². The van der Waals surface area contributed by atoms with Gasteiger partial charge in [-0.05, 0) is 56.5 Å². The van der Waals surface area contributed by atoms with Gasteiger partial charge in [0.1, 0.15) is 11.3 Å². The van der Waals surface area contributed by atoms with Gasteiger partial charge in [0.15, 0.2) is 10.7 Å². The van der Waals surface area contributed by atoms with Gasteiger partial charge in [-0.25, -0.2) is 9.37 Å². The maximum Gasteiger partial charge on any atom is 0.280 e. The molecule has 160 valence electrons. The summed E-state index contributed by atoms with van der Waals surface area (Å²) in [5, 5.41) is 5.14. The van der Waals surface area contributed by atoms with Gasteiger partial charge in [-0.3, -0.25) is 14.0 Å². The first kappa shape index (κ1) is 21.3. The van der Waals surface area contributed by atoms with Gasteiger partial charge >= 0.3 is 0 Å². The second kappa shape index (κ2) is 8.67. The number of rotatable bonds is 6. The highest BCUT2D eigenvalue weighted by atomic mass is 32.2. The van der Waals surface area contributed by atoms with E-state index < -0.39 is 0 Å². The zero-order valence-electron chi connectivity index (χ0n) is 18.1. The van der Waals surface area contributed by atoms with E-state index in [0.717, 1.165) is 11.3 Å². The Kier molecular flexibility index (Phi) is 5.96. The summed E-state index contributed by atoms with van der Waals surface area (Å²) in [4.78, 5) is 18.4. The van der Waals surface area contributed by atoms with Crippen LogP contribution in [0.25, 0.3) is 11.0 Å². The monoisotopic (exact) mass is 436 g/mol. The molecule has 0 aliphatic rings. The average molecular weight is 437 g/mol. The lowest BCUT2D eigenvalue weighted by Gasteiger charge is -2.14. The molecule has 0 bridgehead atoms. The van der Waals surface area contributed by atoms with E-state index in [-0.39, 0.29) is 11.4 Å². The summed E-state index contributed by atoms with van der Waals surface area (Å²) in [6.07, 6.45) is 0. The number of thioether (sulfide) groups is 1. The number of aryl methyl sites for hydroxylation is 4. The lowest BCUT2D eigenvalue weighted by atomic mass is 10.1. The van der Waals surface area contributed by atoms with Crippen molar-refractivity contribution in [2.75, 3.05) is 0 Å². The molecule has 0 N–H and O–H groups in total. The van der Waals surface area contributed by atoms with Gasteiger partial charge in [-0.1, -0.05) is 47.7 Å². The molecule has 0 spiro atoms. The van der Waals surface area contributed by atoms with E-state index in [2.05, 4.69) is 37.1 Å². The minimum absolute atomic E-state index is 0.125. The number of halogens is 1. The van der Waals surface area contributed by atoms with Crippen LogP contribution in [0, 0.1) is 26.6 Å². The first-order valence-electron chi connectivity index (χ1n) is 10.3. The fraction of sp³-hybridized carbons (Fsp3) is 0.292. The Morgan fingerprint density at radius 2 is 1.81 bits per heavy atom. The first-order chi connectivity index (χ1) is 14.9. The van der Waals surface area contributed by atoms with Crippen molar-refractivity contribution >= 4 is 22.8 Å². The van der Waals surface area contributed by atoms with Crippen LogP contribution in [0.2, 0.25) is 0 Å². The minimum Gasteiger partial charge on any atom is -0.281 e. The van der Waals surface area contributed by atoms with Crippen molar-refractivity contribution < 1.29 is 4.39 Å². The molecule has 0 fully saturated rings. The van der Waals surface area contributed by atoms with Crippen molar-refractivity contribution in [2.24, 2.45) is 0 Å². The predicted octanol–water partition coefficient (Wildman–Crippen LogP) is 5.02. The molecule has 31 heavy (non-hydrogen) atoms. The zero-order valence-corrected chi connectivity index (χ0v) is 19.0. The van der Waals surface area contributed by atoms with Crippen LogP contribution in [0.5, 0.6) is 0 Å². The average Bonchev–Trinajstić information content (AvgIpc) is 3.08. The van der Waals surface area contributed by atoms with Crippen LogP contribution < -0.4 is 5.56 Å². The number of benzene rings is 2. The Morgan fingerprint density at radius 1 is 1.06 bits per heavy atom. The second-order valence-electron chi connectivity index (χ2n) is 7.73. The van der Waals surface area contributed by atoms with E-state index in [9.17, 15) is 9.18 Å². The Balaban J connectivity index is 1.81. The van der Waals surface area contributed by atoms with Crippen molar-refractivity contribution in [3.63, 3.8) is 0 Å². The SMILES string of the molecule is CCn1nc(C)c2nc(SCc3cc(C)ccc3C)n(Cc3ccc(F)cc3)c(=O)c21. The van der Waals surface area contributed by atoms with E-state index in [1.807, 2.05) is 13.8 Å². The van der Waals surface area contributed by atoms with Crippen LogP contribution in [0.15, 0.2) is 52.4 Å². The summed E-state index contributed by atoms with van der Waals surface area (Å²) in [5.74, 6) is 0.407. The number of fused-ring (bicyclic) bond motifs is 1. The maximum atomic E-state index is 13.5. The normalized spacial score (nSPS) is 11.4. The highest BCUT2D eigenvalue weighted by molar-refractivity contribution is 7.98. The predicted molar refractivity (Wildman–Crippen MR) is 123 cm³/mol. The van der Waals surface area contributed by atoms with E-state index in [1.165, 1.54) is 28.8 Å². The van der Waals surface area contributed by atoms with Crippen LogP contribution in [0.1, 0.15) is 34.9 Å². The van der Waals surface area contributed by atoms with Gasteiger partial charge in [0.2, 0.25) is 0 Å². The third-order valence-electron chi connectivity index (χ3n) is 5.40. The molecule has 0 aliphatic heterocycles. The summed E-state index contributed by atoms with van der Waals surface area (Å²) in [6.45, 7) is 8.92. The quantitative estimate of drug-likeness (QED) is 0.315. The Hall–Kier alpha value is -2.93. The molecule has 7 heteroatoms. The number of hydrogen-bond acceptors (Lipinski definition) is 4. The van der Waals surface area contributed by atoms with Crippen molar-refractivity contribution in [1.29, 1.82) is 0 Å². The maximum absolute atomic E-state index is 13.5. The molecule has 5 nitrogen and oxygen atoms in total. The number of nitrogens with zero attached hydrogens (tertiary/aromatic N) is 4. The largest absolute Gasteiger partial charge is 0.281 e. The Morgan fingerprint density at radius 3 is 2.52 bits per heavy atom. The number of aromatic nitrogens is 4. The molecule has 2 aromatic carbocycles. The van der Waals surface area contributed by atoms with Crippen LogP contribution >= 0.6 is 11.8 Å². The molecule has 4 aromatic rings. The molecule has 0 unspecified atom stereocenters. The zero-order chi connectivity index (χ0) is 22.1. The second-order valence-corrected chi connectivity index (χ2v) is 8.67. The van der Waals surface area contributed by atoms with Gasteiger partial charge in [-0.2, -0.15) is 5.10 Å². The molecule has 0 amide bonds. The van der Waals surface area contributed by atoms with Crippen molar-refractivity contribution in [1.82, 2.24) is 19.3 Å². The molecule has 0 atom stereocenters. The molecule has 0 radical (unpaired) electrons. The lowest BCUT2D eigenvalue weighted by molar-refractivity contribution is 0.620. The summed E-state index contributed by atoms with van der Waals surface area (Å²) < 4.78 is 16.8. The highest BCUT2D eigenvalue weighted by Crippen LogP contribution is 2.26. The Bertz CT molecular complexity index is 1310. The van der Waals surface area contributed by atoms with Crippen molar-refractivity contribution in [2.45, 2.75) is 51.7 Å². The topological polar surface area (TPSA) is 52.7 Å². The van der Waals surface area contributed by atoms with Gasteiger partial charge in [0.25, 0.3) is 5.56 Å². The van der Waals surface area contributed by atoms with Crippen molar-refractivity contribution in [3.8, 4) is 0 Å². The summed E-state index contributed by atoms with van der Waals surface area (Å²) >= 11 is 1.54. The lowest BCUT2D eigenvalue weighted by Crippen LogP contribution is -2.25. The molecule has 0 aliphatic carbocycles. The van der Waals surface area contributed by atoms with E-state index in [1.54, 1.807) is 33.1 Å². The van der Waals surface area contributed by atoms with Crippen LogP contribution in [-0.4, -0.2) is 19.3 Å². The third kappa shape index (κ3) is 4.28. The summed E-state index contributed by atoms with van der Waals surface area (Å²) in [6, 6.07) is 12.6. The van der Waals surface area contributed by atoms with Gasteiger partial charge in [0.05, 0.1) is 12.2 Å². The van der Waals surface area contributed by atoms with Crippen molar-refractivity contribution in [3.05, 3.63) is 86.6 Å². The molecule has 4 rings (SSSR count). The van der Waals surface area contributed by atoms with Gasteiger partial charge < -0.3 is 0 Å². The molecular weight excluding hydrogens is 411 g/mol. The molecule has 0 saturated carbocycles. The summed E-state index contributed by atoms with van der Waals surface area (Å²) in [5.41, 5.74) is 6.25. The Labute approximate surface area is 184 Å². The molecule has 0 saturated heterocycles. The molecular formula is C24H25FN4OS. The van der Waals surface area contributed by atoms with Crippen LogP contribution in [0.3, 0.4) is 0 Å². The first-order valence-corrected chi connectivity index (χ1v) is 11.3. The van der Waals surface area contributed by atoms with E-state index >= 15 is 0 Å². The van der Waals surface area contributed by atoms with Gasteiger partial charge in [-0.15, -0.1) is 0 Å². The standard InChI is InChI=1S/C24H25FN4OS/c1-5-29-22-21(17(4)27-29)26-24(31-14-19-12-15(2)6-7-16(19)3)28(23(22)30)13-18-8-10-20(25)11-9-18/h6-12H,5,13-14H2,1-4H3.